The number of anilines is 1. The highest BCUT2D eigenvalue weighted by molar-refractivity contribution is 5.90. The van der Waals surface area contributed by atoms with Gasteiger partial charge in [0.1, 0.15) is 6.33 Å². The maximum Gasteiger partial charge on any atom is 0.332 e. The molecule has 2 aliphatic rings. The standard InChI is InChI=1S/C14H22N6O2/c21-13(18-7-3-1-4-8-18)16-12-17-15-11-20(12)14(22)19-9-5-2-6-10-19/h11H,1-10H2,(H,16,17,21). The summed E-state index contributed by atoms with van der Waals surface area (Å²) in [7, 11) is 0. The third kappa shape index (κ3) is 3.20. The summed E-state index contributed by atoms with van der Waals surface area (Å²) in [6.07, 6.45) is 7.76. The van der Waals surface area contributed by atoms with Crippen molar-refractivity contribution in [3.63, 3.8) is 0 Å². The molecule has 8 nitrogen and oxygen atoms in total. The first-order chi connectivity index (χ1) is 10.8. The predicted molar refractivity (Wildman–Crippen MR) is 80.7 cm³/mol. The Morgan fingerprint density at radius 1 is 0.909 bits per heavy atom. The number of hydrogen-bond donors (Lipinski definition) is 1. The summed E-state index contributed by atoms with van der Waals surface area (Å²) in [6.45, 7) is 2.99. The van der Waals surface area contributed by atoms with E-state index in [0.29, 0.717) is 0 Å². The van der Waals surface area contributed by atoms with E-state index in [2.05, 4.69) is 15.5 Å². The van der Waals surface area contributed by atoms with Crippen LogP contribution in [0.1, 0.15) is 38.5 Å². The average Bonchev–Trinajstić information content (AvgIpc) is 3.04. The summed E-state index contributed by atoms with van der Waals surface area (Å²) in [5.41, 5.74) is 0. The Hall–Kier alpha value is -2.12. The van der Waals surface area contributed by atoms with Crippen LogP contribution in [0.2, 0.25) is 0 Å². The van der Waals surface area contributed by atoms with Gasteiger partial charge in [-0.1, -0.05) is 0 Å². The zero-order valence-electron chi connectivity index (χ0n) is 12.7. The molecule has 0 aromatic carbocycles. The van der Waals surface area contributed by atoms with Crippen LogP contribution < -0.4 is 5.32 Å². The summed E-state index contributed by atoms with van der Waals surface area (Å²) < 4.78 is 1.33. The Labute approximate surface area is 129 Å². The molecule has 22 heavy (non-hydrogen) atoms. The fraction of sp³-hybridized carbons (Fsp3) is 0.714. The van der Waals surface area contributed by atoms with Crippen molar-refractivity contribution in [3.05, 3.63) is 6.33 Å². The maximum atomic E-state index is 12.5. The van der Waals surface area contributed by atoms with Crippen LogP contribution in [0.4, 0.5) is 15.5 Å². The first-order valence-corrected chi connectivity index (χ1v) is 8.01. The lowest BCUT2D eigenvalue weighted by molar-refractivity contribution is 0.188. The first-order valence-electron chi connectivity index (χ1n) is 8.01. The monoisotopic (exact) mass is 306 g/mol. The van der Waals surface area contributed by atoms with Gasteiger partial charge in [-0.15, -0.1) is 10.2 Å². The number of nitrogens with one attached hydrogen (secondary N) is 1. The third-order valence-electron chi connectivity index (χ3n) is 4.24. The summed E-state index contributed by atoms with van der Waals surface area (Å²) in [6, 6.07) is -0.376. The molecule has 0 atom stereocenters. The Bertz CT molecular complexity index is 531. The highest BCUT2D eigenvalue weighted by atomic mass is 16.2. The molecule has 2 fully saturated rings. The predicted octanol–water partition coefficient (Wildman–Crippen LogP) is 1.75. The van der Waals surface area contributed by atoms with Gasteiger partial charge in [0, 0.05) is 26.2 Å². The summed E-state index contributed by atoms with van der Waals surface area (Å²) >= 11 is 0. The van der Waals surface area contributed by atoms with Crippen molar-refractivity contribution < 1.29 is 9.59 Å². The number of carbonyl (C=O) groups excluding carboxylic acids is 2. The lowest BCUT2D eigenvalue weighted by atomic mass is 10.1. The van der Waals surface area contributed by atoms with Crippen LogP contribution in [-0.4, -0.2) is 62.8 Å². The minimum Gasteiger partial charge on any atom is -0.324 e. The molecule has 0 spiro atoms. The van der Waals surface area contributed by atoms with Gasteiger partial charge < -0.3 is 9.80 Å². The van der Waals surface area contributed by atoms with E-state index in [1.807, 2.05) is 0 Å². The molecule has 2 aliphatic heterocycles. The Morgan fingerprint density at radius 3 is 2.14 bits per heavy atom. The Kier molecular flexibility index (Phi) is 4.55. The number of amides is 3. The van der Waals surface area contributed by atoms with Gasteiger partial charge in [0.05, 0.1) is 0 Å². The van der Waals surface area contributed by atoms with Gasteiger partial charge in [-0.25, -0.2) is 14.2 Å². The van der Waals surface area contributed by atoms with Crippen molar-refractivity contribution >= 4 is 18.0 Å². The summed E-state index contributed by atoms with van der Waals surface area (Å²) in [5, 5.41) is 10.4. The minimum atomic E-state index is -0.208. The first kappa shape index (κ1) is 14.8. The molecule has 0 unspecified atom stereocenters. The molecule has 1 aromatic rings. The molecule has 0 bridgehead atoms. The van der Waals surface area contributed by atoms with Crippen molar-refractivity contribution in [1.82, 2.24) is 24.6 Å². The molecule has 1 N–H and O–H groups in total. The topological polar surface area (TPSA) is 83.4 Å². The summed E-state index contributed by atoms with van der Waals surface area (Å²) in [4.78, 5) is 28.2. The lowest BCUT2D eigenvalue weighted by Crippen LogP contribution is -2.41. The minimum absolute atomic E-state index is 0.168. The molecule has 0 saturated carbocycles. The van der Waals surface area contributed by atoms with Gasteiger partial charge in [-0.05, 0) is 38.5 Å². The van der Waals surface area contributed by atoms with E-state index in [1.54, 1.807) is 9.80 Å². The second-order valence-electron chi connectivity index (χ2n) is 5.83. The third-order valence-corrected chi connectivity index (χ3v) is 4.24. The second-order valence-corrected chi connectivity index (χ2v) is 5.83. The lowest BCUT2D eigenvalue weighted by Gasteiger charge is -2.28. The van der Waals surface area contributed by atoms with E-state index >= 15 is 0 Å². The highest BCUT2D eigenvalue weighted by Crippen LogP contribution is 2.14. The number of likely N-dealkylation sites (tertiary alicyclic amines) is 2. The molecule has 1 aromatic heterocycles. The fourth-order valence-corrected chi connectivity index (χ4v) is 2.97. The highest BCUT2D eigenvalue weighted by Gasteiger charge is 2.23. The fourth-order valence-electron chi connectivity index (χ4n) is 2.97. The van der Waals surface area contributed by atoms with Crippen LogP contribution in [0.25, 0.3) is 0 Å². The molecule has 3 amide bonds. The largest absolute Gasteiger partial charge is 0.332 e. The normalized spacial score (nSPS) is 19.1. The van der Waals surface area contributed by atoms with Crippen LogP contribution in [-0.2, 0) is 0 Å². The van der Waals surface area contributed by atoms with Gasteiger partial charge in [-0.3, -0.25) is 5.32 Å². The van der Waals surface area contributed by atoms with Crippen LogP contribution in [0, 0.1) is 0 Å². The quantitative estimate of drug-likeness (QED) is 0.856. The SMILES string of the molecule is O=C(Nc1nncn1C(=O)N1CCCCC1)N1CCCCC1. The van der Waals surface area contributed by atoms with E-state index in [4.69, 9.17) is 0 Å². The molecule has 3 rings (SSSR count). The van der Waals surface area contributed by atoms with E-state index in [0.717, 1.165) is 64.7 Å². The van der Waals surface area contributed by atoms with E-state index in [1.165, 1.54) is 10.9 Å². The number of nitrogens with zero attached hydrogens (tertiary/aromatic N) is 5. The zero-order chi connectivity index (χ0) is 15.4. The van der Waals surface area contributed by atoms with Crippen molar-refractivity contribution in [2.45, 2.75) is 38.5 Å². The zero-order valence-corrected chi connectivity index (χ0v) is 12.7. The number of urea groups is 1. The molecule has 8 heteroatoms. The smallest absolute Gasteiger partial charge is 0.324 e. The number of carbonyl (C=O) groups is 2. The van der Waals surface area contributed by atoms with Gasteiger partial charge in [0.25, 0.3) is 0 Å². The Morgan fingerprint density at radius 2 is 1.50 bits per heavy atom. The number of rotatable bonds is 1. The van der Waals surface area contributed by atoms with Crippen LogP contribution >= 0.6 is 0 Å². The van der Waals surface area contributed by atoms with Gasteiger partial charge >= 0.3 is 12.1 Å². The summed E-state index contributed by atoms with van der Waals surface area (Å²) in [5.74, 6) is 0.200. The number of piperidine rings is 2. The van der Waals surface area contributed by atoms with Gasteiger partial charge in [0.2, 0.25) is 5.95 Å². The van der Waals surface area contributed by atoms with E-state index in [9.17, 15) is 9.59 Å². The van der Waals surface area contributed by atoms with E-state index < -0.39 is 0 Å². The number of aromatic nitrogens is 3. The van der Waals surface area contributed by atoms with Crippen LogP contribution in [0.5, 0.6) is 0 Å². The van der Waals surface area contributed by atoms with Crippen LogP contribution in [0.3, 0.4) is 0 Å². The Balaban J connectivity index is 1.66. The van der Waals surface area contributed by atoms with Crippen molar-refractivity contribution in [3.8, 4) is 0 Å². The maximum absolute atomic E-state index is 12.5. The van der Waals surface area contributed by atoms with Crippen molar-refractivity contribution in [2.75, 3.05) is 31.5 Å². The average molecular weight is 306 g/mol. The molecule has 2 saturated heterocycles. The van der Waals surface area contributed by atoms with Crippen molar-refractivity contribution in [1.29, 1.82) is 0 Å². The molecule has 0 aliphatic carbocycles. The van der Waals surface area contributed by atoms with Crippen molar-refractivity contribution in [2.24, 2.45) is 0 Å². The molecular formula is C14H22N6O2. The molecule has 3 heterocycles. The van der Waals surface area contributed by atoms with Gasteiger partial charge in [-0.2, -0.15) is 0 Å². The van der Waals surface area contributed by atoms with Gasteiger partial charge in [0.15, 0.2) is 0 Å². The second kappa shape index (κ2) is 6.76. The molecule has 0 radical (unpaired) electrons. The number of hydrogen-bond acceptors (Lipinski definition) is 4. The molecular weight excluding hydrogens is 284 g/mol. The van der Waals surface area contributed by atoms with E-state index in [-0.39, 0.29) is 18.0 Å². The van der Waals surface area contributed by atoms with Crippen LogP contribution in [0.15, 0.2) is 6.33 Å². The molecule has 120 valence electrons.